The second kappa shape index (κ2) is 6.20. The minimum atomic E-state index is -0.407. The van der Waals surface area contributed by atoms with Crippen LogP contribution in [0.3, 0.4) is 0 Å². The highest BCUT2D eigenvalue weighted by Crippen LogP contribution is 2.25. The number of ether oxygens (including phenoxy) is 1. The third kappa shape index (κ3) is 4.03. The van der Waals surface area contributed by atoms with Crippen molar-refractivity contribution in [1.29, 1.82) is 0 Å². The van der Waals surface area contributed by atoms with Gasteiger partial charge in [-0.2, -0.15) is 0 Å². The molecule has 0 bridgehead atoms. The number of carbonyl (C=O) groups is 1. The number of hydrogen-bond acceptors (Lipinski definition) is 3. The van der Waals surface area contributed by atoms with E-state index < -0.39 is 5.82 Å². The summed E-state index contributed by atoms with van der Waals surface area (Å²) < 4.78 is 17.9. The SMILES string of the molecule is COc1cc(F)ccc1NC(=O)CC(C)CN. The number of methoxy groups -OCH3 is 1. The van der Waals surface area contributed by atoms with Gasteiger partial charge in [-0.25, -0.2) is 4.39 Å². The van der Waals surface area contributed by atoms with Crippen LogP contribution in [0.4, 0.5) is 10.1 Å². The van der Waals surface area contributed by atoms with Gasteiger partial charge in [-0.05, 0) is 24.6 Å². The Labute approximate surface area is 100.0 Å². The van der Waals surface area contributed by atoms with Gasteiger partial charge in [0, 0.05) is 12.5 Å². The zero-order chi connectivity index (χ0) is 12.8. The fourth-order valence-electron chi connectivity index (χ4n) is 1.37. The summed E-state index contributed by atoms with van der Waals surface area (Å²) in [4.78, 5) is 11.6. The zero-order valence-electron chi connectivity index (χ0n) is 10.00. The van der Waals surface area contributed by atoms with Crippen molar-refractivity contribution in [3.63, 3.8) is 0 Å². The third-order valence-electron chi connectivity index (χ3n) is 2.37. The van der Waals surface area contributed by atoms with Crippen LogP contribution in [-0.4, -0.2) is 19.6 Å². The molecule has 3 N–H and O–H groups in total. The Kier molecular flexibility index (Phi) is 4.90. The monoisotopic (exact) mass is 240 g/mol. The normalized spacial score (nSPS) is 12.0. The fraction of sp³-hybridized carbons (Fsp3) is 0.417. The zero-order valence-corrected chi connectivity index (χ0v) is 10.00. The van der Waals surface area contributed by atoms with E-state index in [2.05, 4.69) is 5.32 Å². The van der Waals surface area contributed by atoms with E-state index in [0.29, 0.717) is 24.4 Å². The molecule has 1 aromatic rings. The van der Waals surface area contributed by atoms with Crippen LogP contribution < -0.4 is 15.8 Å². The minimum Gasteiger partial charge on any atom is -0.494 e. The average molecular weight is 240 g/mol. The van der Waals surface area contributed by atoms with E-state index in [0.717, 1.165) is 0 Å². The predicted octanol–water partition coefficient (Wildman–Crippen LogP) is 1.76. The summed E-state index contributed by atoms with van der Waals surface area (Å²) >= 11 is 0. The number of halogens is 1. The molecule has 1 amide bonds. The maximum Gasteiger partial charge on any atom is 0.224 e. The average Bonchev–Trinajstić information content (AvgIpc) is 2.31. The molecule has 1 aromatic carbocycles. The topological polar surface area (TPSA) is 64.3 Å². The Bertz CT molecular complexity index is 396. The first-order valence-corrected chi connectivity index (χ1v) is 5.40. The predicted molar refractivity (Wildman–Crippen MR) is 64.4 cm³/mol. The Hall–Kier alpha value is -1.62. The molecule has 5 heteroatoms. The van der Waals surface area contributed by atoms with Crippen molar-refractivity contribution in [2.24, 2.45) is 11.7 Å². The van der Waals surface area contributed by atoms with Gasteiger partial charge in [-0.3, -0.25) is 4.79 Å². The highest BCUT2D eigenvalue weighted by atomic mass is 19.1. The van der Waals surface area contributed by atoms with Crippen molar-refractivity contribution in [3.8, 4) is 5.75 Å². The summed E-state index contributed by atoms with van der Waals surface area (Å²) in [6.45, 7) is 2.34. The van der Waals surface area contributed by atoms with Gasteiger partial charge >= 0.3 is 0 Å². The maximum absolute atomic E-state index is 12.9. The first kappa shape index (κ1) is 13.4. The largest absolute Gasteiger partial charge is 0.494 e. The van der Waals surface area contributed by atoms with Crippen LogP contribution in [0, 0.1) is 11.7 Å². The fourth-order valence-corrected chi connectivity index (χ4v) is 1.37. The Morgan fingerprint density at radius 2 is 2.29 bits per heavy atom. The molecule has 0 aliphatic carbocycles. The summed E-state index contributed by atoms with van der Waals surface area (Å²) in [7, 11) is 1.42. The van der Waals surface area contributed by atoms with E-state index in [1.165, 1.54) is 25.3 Å². The van der Waals surface area contributed by atoms with Gasteiger partial charge in [0.05, 0.1) is 12.8 Å². The molecule has 0 aromatic heterocycles. The Morgan fingerprint density at radius 3 is 2.88 bits per heavy atom. The molecule has 0 heterocycles. The smallest absolute Gasteiger partial charge is 0.224 e. The lowest BCUT2D eigenvalue weighted by Crippen LogP contribution is -2.20. The number of amides is 1. The molecule has 0 fully saturated rings. The summed E-state index contributed by atoms with van der Waals surface area (Å²) in [5, 5.41) is 2.67. The van der Waals surface area contributed by atoms with Crippen molar-refractivity contribution >= 4 is 11.6 Å². The second-order valence-electron chi connectivity index (χ2n) is 3.94. The molecule has 0 saturated heterocycles. The molecule has 0 aliphatic heterocycles. The van der Waals surface area contributed by atoms with E-state index in [9.17, 15) is 9.18 Å². The number of rotatable bonds is 5. The molecule has 1 unspecified atom stereocenters. The number of anilines is 1. The summed E-state index contributed by atoms with van der Waals surface area (Å²) in [6.07, 6.45) is 0.330. The van der Waals surface area contributed by atoms with Crippen molar-refractivity contribution in [2.75, 3.05) is 19.0 Å². The molecule has 0 radical (unpaired) electrons. The van der Waals surface area contributed by atoms with Gasteiger partial charge < -0.3 is 15.8 Å². The lowest BCUT2D eigenvalue weighted by atomic mass is 10.1. The quantitative estimate of drug-likeness (QED) is 0.824. The van der Waals surface area contributed by atoms with Gasteiger partial charge in [0.2, 0.25) is 5.91 Å². The van der Waals surface area contributed by atoms with Crippen molar-refractivity contribution in [3.05, 3.63) is 24.0 Å². The number of hydrogen-bond donors (Lipinski definition) is 2. The Balaban J connectivity index is 2.71. The molecular weight excluding hydrogens is 223 g/mol. The van der Waals surface area contributed by atoms with E-state index in [1.807, 2.05) is 6.92 Å². The molecule has 0 aliphatic rings. The van der Waals surface area contributed by atoms with E-state index in [1.54, 1.807) is 0 Å². The van der Waals surface area contributed by atoms with Gasteiger partial charge in [-0.15, -0.1) is 0 Å². The molecule has 17 heavy (non-hydrogen) atoms. The van der Waals surface area contributed by atoms with Crippen LogP contribution in [-0.2, 0) is 4.79 Å². The first-order chi connectivity index (χ1) is 8.06. The lowest BCUT2D eigenvalue weighted by Gasteiger charge is -2.12. The van der Waals surface area contributed by atoms with Gasteiger partial charge in [-0.1, -0.05) is 6.92 Å². The molecule has 1 rings (SSSR count). The van der Waals surface area contributed by atoms with Crippen LogP contribution in [0.1, 0.15) is 13.3 Å². The maximum atomic E-state index is 12.9. The highest BCUT2D eigenvalue weighted by Gasteiger charge is 2.11. The summed E-state index contributed by atoms with van der Waals surface area (Å²) in [5.41, 5.74) is 5.90. The van der Waals surface area contributed by atoms with Gasteiger partial charge in [0.1, 0.15) is 11.6 Å². The number of nitrogens with two attached hydrogens (primary N) is 1. The van der Waals surface area contributed by atoms with E-state index in [4.69, 9.17) is 10.5 Å². The molecular formula is C12H17FN2O2. The van der Waals surface area contributed by atoms with Crippen LogP contribution >= 0.6 is 0 Å². The summed E-state index contributed by atoms with van der Waals surface area (Å²) in [5.74, 6) is -0.150. The van der Waals surface area contributed by atoms with Crippen LogP contribution in [0.2, 0.25) is 0 Å². The standard InChI is InChI=1S/C12H17FN2O2/c1-8(7-14)5-12(16)15-10-4-3-9(13)6-11(10)17-2/h3-4,6,8H,5,7,14H2,1-2H3,(H,15,16). The van der Waals surface area contributed by atoms with E-state index in [-0.39, 0.29) is 11.8 Å². The summed E-state index contributed by atoms with van der Waals surface area (Å²) in [6, 6.07) is 3.96. The van der Waals surface area contributed by atoms with Crippen molar-refractivity contribution in [2.45, 2.75) is 13.3 Å². The Morgan fingerprint density at radius 1 is 1.59 bits per heavy atom. The van der Waals surface area contributed by atoms with E-state index >= 15 is 0 Å². The first-order valence-electron chi connectivity index (χ1n) is 5.40. The van der Waals surface area contributed by atoms with Crippen LogP contribution in [0.5, 0.6) is 5.75 Å². The van der Waals surface area contributed by atoms with Gasteiger partial charge in [0.15, 0.2) is 0 Å². The molecule has 1 atom stereocenters. The van der Waals surface area contributed by atoms with Crippen molar-refractivity contribution < 1.29 is 13.9 Å². The second-order valence-corrected chi connectivity index (χ2v) is 3.94. The minimum absolute atomic E-state index is 0.112. The molecule has 0 saturated carbocycles. The lowest BCUT2D eigenvalue weighted by molar-refractivity contribution is -0.116. The third-order valence-corrected chi connectivity index (χ3v) is 2.37. The molecule has 94 valence electrons. The van der Waals surface area contributed by atoms with Crippen LogP contribution in [0.15, 0.2) is 18.2 Å². The van der Waals surface area contributed by atoms with Gasteiger partial charge in [0.25, 0.3) is 0 Å². The number of carbonyl (C=O) groups excluding carboxylic acids is 1. The van der Waals surface area contributed by atoms with Crippen molar-refractivity contribution in [1.82, 2.24) is 0 Å². The molecule has 4 nitrogen and oxygen atoms in total. The van der Waals surface area contributed by atoms with Crippen LogP contribution in [0.25, 0.3) is 0 Å². The number of benzene rings is 1. The molecule has 0 spiro atoms. The highest BCUT2D eigenvalue weighted by molar-refractivity contribution is 5.92. The number of nitrogens with one attached hydrogen (secondary N) is 1.